The maximum absolute atomic E-state index is 13.3. The molecule has 0 amide bonds. The van der Waals surface area contributed by atoms with E-state index in [-0.39, 0.29) is 10.6 Å². The minimum absolute atomic E-state index is 0.0702. The van der Waals surface area contributed by atoms with Crippen molar-refractivity contribution in [2.75, 3.05) is 6.61 Å². The van der Waals surface area contributed by atoms with Crippen LogP contribution < -0.4 is 8.92 Å². The van der Waals surface area contributed by atoms with Crippen LogP contribution in [0.3, 0.4) is 0 Å². The van der Waals surface area contributed by atoms with Crippen LogP contribution in [0.25, 0.3) is 21.7 Å². The molecule has 0 aliphatic heterocycles. The SMILES string of the molecule is CCCOc1ccc(S(=O)(=O)Oc2c(Br)cc(Br)c3cccnc23)c2ccccc12. The summed E-state index contributed by atoms with van der Waals surface area (Å²) in [6.45, 7) is 2.57. The van der Waals surface area contributed by atoms with Crippen LogP contribution in [-0.2, 0) is 10.1 Å². The number of hydrogen-bond donors (Lipinski definition) is 0. The first kappa shape index (κ1) is 21.1. The first-order valence-electron chi connectivity index (χ1n) is 9.24. The van der Waals surface area contributed by atoms with Gasteiger partial charge in [0.15, 0.2) is 5.75 Å². The number of ether oxygens (including phenoxy) is 1. The molecular formula is C22H17Br2NO4S. The third-order valence-electron chi connectivity index (χ3n) is 4.52. The molecule has 8 heteroatoms. The minimum Gasteiger partial charge on any atom is -0.493 e. The van der Waals surface area contributed by atoms with Crippen LogP contribution in [-0.4, -0.2) is 20.0 Å². The van der Waals surface area contributed by atoms with Crippen molar-refractivity contribution < 1.29 is 17.3 Å². The predicted molar refractivity (Wildman–Crippen MR) is 125 cm³/mol. The summed E-state index contributed by atoms with van der Waals surface area (Å²) in [5.41, 5.74) is 0.439. The molecule has 1 aromatic heterocycles. The van der Waals surface area contributed by atoms with Crippen LogP contribution >= 0.6 is 31.9 Å². The van der Waals surface area contributed by atoms with Gasteiger partial charge < -0.3 is 8.92 Å². The fourth-order valence-corrected chi connectivity index (χ4v) is 5.80. The topological polar surface area (TPSA) is 65.5 Å². The van der Waals surface area contributed by atoms with E-state index in [0.29, 0.717) is 33.1 Å². The Morgan fingerprint density at radius 1 is 0.933 bits per heavy atom. The van der Waals surface area contributed by atoms with Gasteiger partial charge >= 0.3 is 10.1 Å². The number of rotatable bonds is 6. The van der Waals surface area contributed by atoms with Gasteiger partial charge in [-0.3, -0.25) is 4.98 Å². The molecule has 0 bridgehead atoms. The highest BCUT2D eigenvalue weighted by molar-refractivity contribution is 9.11. The lowest BCUT2D eigenvalue weighted by Gasteiger charge is -2.15. The molecule has 3 aromatic carbocycles. The third kappa shape index (κ3) is 3.91. The molecule has 5 nitrogen and oxygen atoms in total. The molecular weight excluding hydrogens is 534 g/mol. The van der Waals surface area contributed by atoms with Crippen LogP contribution in [0.2, 0.25) is 0 Å². The summed E-state index contributed by atoms with van der Waals surface area (Å²) in [5, 5.41) is 2.00. The molecule has 0 saturated heterocycles. The summed E-state index contributed by atoms with van der Waals surface area (Å²) >= 11 is 6.88. The van der Waals surface area contributed by atoms with Crippen LogP contribution in [0.15, 0.2) is 74.6 Å². The highest BCUT2D eigenvalue weighted by atomic mass is 79.9. The lowest BCUT2D eigenvalue weighted by molar-refractivity contribution is 0.321. The highest BCUT2D eigenvalue weighted by Crippen LogP contribution is 2.40. The molecule has 0 aliphatic carbocycles. The second kappa shape index (κ2) is 8.53. The number of benzene rings is 3. The Morgan fingerprint density at radius 3 is 2.43 bits per heavy atom. The average Bonchev–Trinajstić information content (AvgIpc) is 2.75. The van der Waals surface area contributed by atoms with Crippen molar-refractivity contribution in [3.63, 3.8) is 0 Å². The van der Waals surface area contributed by atoms with Gasteiger partial charge in [0.25, 0.3) is 0 Å². The summed E-state index contributed by atoms with van der Waals surface area (Å²) in [4.78, 5) is 4.39. The maximum Gasteiger partial charge on any atom is 0.339 e. The first-order valence-corrected chi connectivity index (χ1v) is 12.2. The maximum atomic E-state index is 13.3. The van der Waals surface area contributed by atoms with Crippen LogP contribution in [0, 0.1) is 0 Å². The van der Waals surface area contributed by atoms with E-state index in [4.69, 9.17) is 8.92 Å². The molecule has 0 atom stereocenters. The smallest absolute Gasteiger partial charge is 0.339 e. The monoisotopic (exact) mass is 549 g/mol. The van der Waals surface area contributed by atoms with Gasteiger partial charge in [0.2, 0.25) is 0 Å². The van der Waals surface area contributed by atoms with Gasteiger partial charge in [0, 0.05) is 26.8 Å². The van der Waals surface area contributed by atoms with Crippen molar-refractivity contribution in [3.8, 4) is 11.5 Å². The summed E-state index contributed by atoms with van der Waals surface area (Å²) in [7, 11) is -4.14. The van der Waals surface area contributed by atoms with E-state index >= 15 is 0 Å². The van der Waals surface area contributed by atoms with E-state index in [9.17, 15) is 8.42 Å². The van der Waals surface area contributed by atoms with Gasteiger partial charge in [-0.1, -0.05) is 53.2 Å². The van der Waals surface area contributed by atoms with Crippen LogP contribution in [0.5, 0.6) is 11.5 Å². The first-order chi connectivity index (χ1) is 14.4. The molecule has 0 unspecified atom stereocenters. The van der Waals surface area contributed by atoms with Gasteiger partial charge in [-0.05, 0) is 46.6 Å². The van der Waals surface area contributed by atoms with Crippen molar-refractivity contribution in [2.45, 2.75) is 18.2 Å². The largest absolute Gasteiger partial charge is 0.493 e. The Bertz CT molecular complexity index is 1360. The number of aromatic nitrogens is 1. The van der Waals surface area contributed by atoms with Crippen LogP contribution in [0.4, 0.5) is 0 Å². The third-order valence-corrected chi connectivity index (χ3v) is 7.04. The molecule has 0 radical (unpaired) electrons. The second-order valence-electron chi connectivity index (χ2n) is 6.56. The Kier molecular flexibility index (Phi) is 5.99. The van der Waals surface area contributed by atoms with Crippen molar-refractivity contribution in [1.82, 2.24) is 4.98 Å². The molecule has 4 aromatic rings. The average molecular weight is 551 g/mol. The normalized spacial score (nSPS) is 11.7. The zero-order valence-corrected chi connectivity index (χ0v) is 19.9. The lowest BCUT2D eigenvalue weighted by atomic mass is 10.1. The van der Waals surface area contributed by atoms with Crippen molar-refractivity contribution in [3.05, 3.63) is 69.7 Å². The Balaban J connectivity index is 1.85. The predicted octanol–water partition coefficient (Wildman–Crippen LogP) is 6.47. The number of pyridine rings is 1. The molecule has 30 heavy (non-hydrogen) atoms. The summed E-state index contributed by atoms with van der Waals surface area (Å²) < 4.78 is 39.3. The van der Waals surface area contributed by atoms with Crippen LogP contribution in [0.1, 0.15) is 13.3 Å². The summed E-state index contributed by atoms with van der Waals surface area (Å²) in [5.74, 6) is 0.785. The number of hydrogen-bond acceptors (Lipinski definition) is 5. The molecule has 4 rings (SSSR count). The Hall–Kier alpha value is -2.16. The molecule has 0 saturated carbocycles. The van der Waals surface area contributed by atoms with E-state index in [1.165, 1.54) is 6.07 Å². The van der Waals surface area contributed by atoms with E-state index in [1.807, 2.05) is 25.1 Å². The van der Waals surface area contributed by atoms with Gasteiger partial charge in [0.1, 0.15) is 16.2 Å². The van der Waals surface area contributed by atoms with E-state index < -0.39 is 10.1 Å². The van der Waals surface area contributed by atoms with E-state index in [2.05, 4.69) is 36.8 Å². The second-order valence-corrected chi connectivity index (χ2v) is 9.79. The quantitative estimate of drug-likeness (QED) is 0.257. The molecule has 0 fully saturated rings. The molecule has 0 spiro atoms. The molecule has 154 valence electrons. The highest BCUT2D eigenvalue weighted by Gasteiger charge is 2.24. The van der Waals surface area contributed by atoms with E-state index in [0.717, 1.165) is 16.3 Å². The van der Waals surface area contributed by atoms with Crippen molar-refractivity contribution in [1.29, 1.82) is 0 Å². The van der Waals surface area contributed by atoms with Gasteiger partial charge in [-0.15, -0.1) is 0 Å². The Morgan fingerprint density at radius 2 is 1.67 bits per heavy atom. The number of halogens is 2. The Labute approximate surface area is 191 Å². The van der Waals surface area contributed by atoms with Crippen molar-refractivity contribution >= 4 is 63.7 Å². The van der Waals surface area contributed by atoms with Crippen molar-refractivity contribution in [2.24, 2.45) is 0 Å². The zero-order chi connectivity index (χ0) is 21.3. The standard InChI is InChI=1S/C22H17Br2NO4S/c1-2-12-28-19-9-10-20(15-7-4-3-6-14(15)19)30(26,27)29-22-18(24)13-17(23)16-8-5-11-25-21(16)22/h3-11,13H,2,12H2,1H3. The zero-order valence-electron chi connectivity index (χ0n) is 15.9. The molecule has 0 N–H and O–H groups in total. The minimum atomic E-state index is -4.14. The van der Waals surface area contributed by atoms with Gasteiger partial charge in [-0.25, -0.2) is 0 Å². The fourth-order valence-electron chi connectivity index (χ4n) is 3.18. The number of nitrogens with zero attached hydrogens (tertiary/aromatic N) is 1. The lowest BCUT2D eigenvalue weighted by Crippen LogP contribution is -2.11. The summed E-state index contributed by atoms with van der Waals surface area (Å²) in [6.07, 6.45) is 2.45. The summed E-state index contributed by atoms with van der Waals surface area (Å²) in [6, 6.07) is 15.8. The van der Waals surface area contributed by atoms with E-state index in [1.54, 1.807) is 36.5 Å². The fraction of sp³-hybridized carbons (Fsp3) is 0.136. The number of fused-ring (bicyclic) bond motifs is 2. The van der Waals surface area contributed by atoms with Gasteiger partial charge in [-0.2, -0.15) is 8.42 Å². The molecule has 1 heterocycles. The van der Waals surface area contributed by atoms with Gasteiger partial charge in [0.05, 0.1) is 11.1 Å². The molecule has 0 aliphatic rings.